The minimum absolute atomic E-state index is 0.156. The molecule has 1 aromatic carbocycles. The minimum atomic E-state index is -0.156. The molecular weight excluding hydrogens is 258 g/mol. The Morgan fingerprint density at radius 3 is 3.00 bits per heavy atom. The Labute approximate surface area is 117 Å². The second-order valence-corrected chi connectivity index (χ2v) is 5.86. The Bertz CT molecular complexity index is 571. The summed E-state index contributed by atoms with van der Waals surface area (Å²) in [6, 6.07) is 10.2. The number of methoxy groups -OCH3 is 1. The van der Waals surface area contributed by atoms with Gasteiger partial charge in [0.05, 0.1) is 19.0 Å². The summed E-state index contributed by atoms with van der Waals surface area (Å²) in [5.41, 5.74) is 2.19. The van der Waals surface area contributed by atoms with Gasteiger partial charge in [0.2, 0.25) is 0 Å². The first-order chi connectivity index (χ1) is 9.19. The molecule has 0 aliphatic rings. The predicted octanol–water partition coefficient (Wildman–Crippen LogP) is 3.42. The van der Waals surface area contributed by atoms with Gasteiger partial charge in [-0.15, -0.1) is 0 Å². The zero-order valence-corrected chi connectivity index (χ0v) is 11.9. The van der Waals surface area contributed by atoms with Crippen molar-refractivity contribution < 1.29 is 9.53 Å². The summed E-state index contributed by atoms with van der Waals surface area (Å²) in [5, 5.41) is 1.40. The average molecular weight is 275 g/mol. The van der Waals surface area contributed by atoms with Gasteiger partial charge in [0, 0.05) is 22.6 Å². The van der Waals surface area contributed by atoms with Crippen molar-refractivity contribution in [1.29, 1.82) is 0 Å². The molecule has 0 saturated carbocycles. The van der Waals surface area contributed by atoms with Crippen molar-refractivity contribution >= 4 is 28.6 Å². The van der Waals surface area contributed by atoms with Gasteiger partial charge in [0.15, 0.2) is 0 Å². The second-order valence-electron chi connectivity index (χ2n) is 4.44. The molecule has 0 spiro atoms. The largest absolute Gasteiger partial charge is 0.469 e. The molecule has 0 aliphatic heterocycles. The van der Waals surface area contributed by atoms with Crippen LogP contribution in [0.25, 0.3) is 10.9 Å². The SMILES string of the molecule is COC(=O)CC(C)SCc1cnc2ccccc2c1. The summed E-state index contributed by atoms with van der Waals surface area (Å²) in [5.74, 6) is 0.701. The van der Waals surface area contributed by atoms with E-state index < -0.39 is 0 Å². The monoisotopic (exact) mass is 275 g/mol. The molecule has 19 heavy (non-hydrogen) atoms. The third-order valence-corrected chi connectivity index (χ3v) is 4.10. The lowest BCUT2D eigenvalue weighted by molar-refractivity contribution is -0.140. The molecule has 1 unspecified atom stereocenters. The highest BCUT2D eigenvalue weighted by atomic mass is 32.2. The van der Waals surface area contributed by atoms with Crippen LogP contribution in [-0.4, -0.2) is 23.3 Å². The topological polar surface area (TPSA) is 39.2 Å². The molecule has 1 aromatic heterocycles. The molecule has 0 radical (unpaired) electrons. The summed E-state index contributed by atoms with van der Waals surface area (Å²) in [6.45, 7) is 2.04. The number of ether oxygens (including phenoxy) is 1. The number of hydrogen-bond donors (Lipinski definition) is 0. The van der Waals surface area contributed by atoms with Crippen LogP contribution in [0.15, 0.2) is 36.5 Å². The van der Waals surface area contributed by atoms with E-state index in [2.05, 4.69) is 21.9 Å². The van der Waals surface area contributed by atoms with Crippen molar-refractivity contribution in [3.63, 3.8) is 0 Å². The van der Waals surface area contributed by atoms with Crippen molar-refractivity contribution in [3.05, 3.63) is 42.1 Å². The lowest BCUT2D eigenvalue weighted by atomic mass is 10.2. The Morgan fingerprint density at radius 1 is 1.42 bits per heavy atom. The molecular formula is C15H17NO2S. The molecule has 0 aliphatic carbocycles. The molecule has 0 fully saturated rings. The van der Waals surface area contributed by atoms with E-state index in [1.807, 2.05) is 31.3 Å². The van der Waals surface area contributed by atoms with E-state index in [0.29, 0.717) is 6.42 Å². The first-order valence-corrected chi connectivity index (χ1v) is 7.26. The van der Waals surface area contributed by atoms with Crippen LogP contribution in [-0.2, 0) is 15.3 Å². The lowest BCUT2D eigenvalue weighted by Gasteiger charge is -2.09. The summed E-state index contributed by atoms with van der Waals surface area (Å²) in [6.07, 6.45) is 2.35. The van der Waals surface area contributed by atoms with Gasteiger partial charge in [-0.3, -0.25) is 9.78 Å². The Kier molecular flexibility index (Phi) is 4.80. The standard InChI is InChI=1S/C15H17NO2S/c1-11(7-15(17)18-2)19-10-12-8-13-5-3-4-6-14(13)16-9-12/h3-6,8-9,11H,7,10H2,1-2H3. The summed E-state index contributed by atoms with van der Waals surface area (Å²) >= 11 is 1.74. The second kappa shape index (κ2) is 6.57. The molecule has 2 aromatic rings. The molecule has 0 bridgehead atoms. The molecule has 4 heteroatoms. The number of nitrogens with zero attached hydrogens (tertiary/aromatic N) is 1. The normalized spacial score (nSPS) is 12.3. The van der Waals surface area contributed by atoms with Gasteiger partial charge in [-0.05, 0) is 17.7 Å². The Morgan fingerprint density at radius 2 is 2.21 bits per heavy atom. The number of carbonyl (C=O) groups is 1. The summed E-state index contributed by atoms with van der Waals surface area (Å²) < 4.78 is 4.67. The van der Waals surface area contributed by atoms with Crippen LogP contribution in [0.5, 0.6) is 0 Å². The van der Waals surface area contributed by atoms with E-state index >= 15 is 0 Å². The molecule has 3 nitrogen and oxygen atoms in total. The maximum atomic E-state index is 11.2. The fourth-order valence-corrected chi connectivity index (χ4v) is 2.70. The predicted molar refractivity (Wildman–Crippen MR) is 79.1 cm³/mol. The minimum Gasteiger partial charge on any atom is -0.469 e. The molecule has 0 N–H and O–H groups in total. The highest BCUT2D eigenvalue weighted by Gasteiger charge is 2.09. The third kappa shape index (κ3) is 3.96. The van der Waals surface area contributed by atoms with Crippen molar-refractivity contribution in [2.45, 2.75) is 24.3 Å². The smallest absolute Gasteiger partial charge is 0.306 e. The van der Waals surface area contributed by atoms with Gasteiger partial charge < -0.3 is 4.74 Å². The van der Waals surface area contributed by atoms with E-state index in [1.165, 1.54) is 12.7 Å². The number of para-hydroxylation sites is 1. The molecule has 2 rings (SSSR count). The van der Waals surface area contributed by atoms with E-state index in [-0.39, 0.29) is 11.2 Å². The highest BCUT2D eigenvalue weighted by Crippen LogP contribution is 2.22. The number of thioether (sulfide) groups is 1. The van der Waals surface area contributed by atoms with Crippen LogP contribution >= 0.6 is 11.8 Å². The fraction of sp³-hybridized carbons (Fsp3) is 0.333. The number of pyridine rings is 1. The van der Waals surface area contributed by atoms with E-state index in [1.54, 1.807) is 11.8 Å². The summed E-state index contributed by atoms with van der Waals surface area (Å²) in [7, 11) is 1.42. The van der Waals surface area contributed by atoms with Gasteiger partial charge in [-0.25, -0.2) is 0 Å². The van der Waals surface area contributed by atoms with E-state index in [9.17, 15) is 4.79 Å². The number of aromatic nitrogens is 1. The maximum Gasteiger partial charge on any atom is 0.306 e. The van der Waals surface area contributed by atoms with Gasteiger partial charge >= 0.3 is 5.97 Å². The van der Waals surface area contributed by atoms with Crippen molar-refractivity contribution in [3.8, 4) is 0 Å². The Balaban J connectivity index is 1.96. The number of hydrogen-bond acceptors (Lipinski definition) is 4. The summed E-state index contributed by atoms with van der Waals surface area (Å²) in [4.78, 5) is 15.6. The zero-order valence-electron chi connectivity index (χ0n) is 11.1. The van der Waals surface area contributed by atoms with Crippen molar-refractivity contribution in [2.75, 3.05) is 7.11 Å². The van der Waals surface area contributed by atoms with Gasteiger partial charge in [0.25, 0.3) is 0 Å². The van der Waals surface area contributed by atoms with Crippen LogP contribution in [0.1, 0.15) is 18.9 Å². The van der Waals surface area contributed by atoms with E-state index in [4.69, 9.17) is 0 Å². The van der Waals surface area contributed by atoms with Gasteiger partial charge in [-0.1, -0.05) is 25.1 Å². The van der Waals surface area contributed by atoms with Crippen LogP contribution in [0, 0.1) is 0 Å². The number of rotatable bonds is 5. The van der Waals surface area contributed by atoms with Crippen LogP contribution in [0.4, 0.5) is 0 Å². The van der Waals surface area contributed by atoms with Gasteiger partial charge in [0.1, 0.15) is 0 Å². The maximum absolute atomic E-state index is 11.2. The quantitative estimate of drug-likeness (QED) is 0.784. The fourth-order valence-electron chi connectivity index (χ4n) is 1.81. The first kappa shape index (κ1) is 13.9. The molecule has 1 heterocycles. The zero-order chi connectivity index (χ0) is 13.7. The van der Waals surface area contributed by atoms with Crippen LogP contribution < -0.4 is 0 Å². The van der Waals surface area contributed by atoms with Crippen LogP contribution in [0.3, 0.4) is 0 Å². The number of fused-ring (bicyclic) bond motifs is 1. The molecule has 0 saturated heterocycles. The first-order valence-electron chi connectivity index (χ1n) is 6.21. The van der Waals surface area contributed by atoms with Crippen LogP contribution in [0.2, 0.25) is 0 Å². The Hall–Kier alpha value is -1.55. The lowest BCUT2D eigenvalue weighted by Crippen LogP contribution is -2.08. The number of benzene rings is 1. The number of esters is 1. The van der Waals surface area contributed by atoms with E-state index in [0.717, 1.165) is 16.7 Å². The third-order valence-electron chi connectivity index (χ3n) is 2.86. The van der Waals surface area contributed by atoms with Crippen molar-refractivity contribution in [2.24, 2.45) is 0 Å². The van der Waals surface area contributed by atoms with Crippen molar-refractivity contribution in [1.82, 2.24) is 4.98 Å². The highest BCUT2D eigenvalue weighted by molar-refractivity contribution is 7.99. The van der Waals surface area contributed by atoms with Gasteiger partial charge in [-0.2, -0.15) is 11.8 Å². The molecule has 1 atom stereocenters. The number of carbonyl (C=O) groups excluding carboxylic acids is 1. The molecule has 100 valence electrons. The molecule has 0 amide bonds. The average Bonchev–Trinajstić information content (AvgIpc) is 2.44.